The maximum atomic E-state index is 12.9. The third-order valence-electron chi connectivity index (χ3n) is 4.52. The number of carboxylic acid groups (broad SMARTS) is 1. The molecule has 31 heavy (non-hydrogen) atoms. The molecule has 1 aromatic heterocycles. The van der Waals surface area contributed by atoms with E-state index in [2.05, 4.69) is 5.32 Å². The number of hydrogen-bond donors (Lipinski definition) is 2. The number of amides is 4. The molecule has 0 saturated carbocycles. The number of rotatable bonds is 4. The Labute approximate surface area is 180 Å². The van der Waals surface area contributed by atoms with Crippen molar-refractivity contribution in [1.29, 1.82) is 0 Å². The van der Waals surface area contributed by atoms with E-state index in [0.29, 0.717) is 10.6 Å². The zero-order valence-electron chi connectivity index (χ0n) is 15.7. The van der Waals surface area contributed by atoms with E-state index in [9.17, 15) is 24.3 Å². The number of urea groups is 1. The van der Waals surface area contributed by atoms with Gasteiger partial charge >= 0.3 is 12.0 Å². The first-order valence-corrected chi connectivity index (χ1v) is 9.32. The van der Waals surface area contributed by atoms with Crippen LogP contribution in [0.4, 0.5) is 10.5 Å². The Morgan fingerprint density at radius 3 is 2.42 bits per heavy atom. The zero-order valence-corrected chi connectivity index (χ0v) is 16.4. The van der Waals surface area contributed by atoms with Gasteiger partial charge in [-0.25, -0.2) is 14.5 Å². The second-order valence-corrected chi connectivity index (χ2v) is 6.92. The minimum atomic E-state index is -1.12. The Balaban J connectivity index is 1.69. The third kappa shape index (κ3) is 3.84. The number of aromatic carboxylic acids is 1. The van der Waals surface area contributed by atoms with Gasteiger partial charge in [-0.3, -0.25) is 14.9 Å². The zero-order chi connectivity index (χ0) is 22.1. The molecule has 0 aliphatic carbocycles. The summed E-state index contributed by atoms with van der Waals surface area (Å²) in [5.41, 5.74) is 0.307. The average molecular weight is 437 g/mol. The summed E-state index contributed by atoms with van der Waals surface area (Å²) in [7, 11) is 0. The first-order chi connectivity index (χ1) is 14.8. The van der Waals surface area contributed by atoms with E-state index in [1.54, 1.807) is 18.2 Å². The maximum absolute atomic E-state index is 12.9. The highest BCUT2D eigenvalue weighted by Crippen LogP contribution is 2.28. The molecule has 4 amide bonds. The van der Waals surface area contributed by atoms with Crippen LogP contribution in [0, 0.1) is 0 Å². The van der Waals surface area contributed by atoms with E-state index < -0.39 is 23.8 Å². The number of nitrogens with zero attached hydrogens (tertiary/aromatic N) is 1. The van der Waals surface area contributed by atoms with Gasteiger partial charge in [0.15, 0.2) is 0 Å². The fourth-order valence-electron chi connectivity index (χ4n) is 3.08. The molecule has 1 aliphatic rings. The number of furan rings is 1. The molecule has 0 unspecified atom stereocenters. The molecule has 2 heterocycles. The minimum Gasteiger partial charge on any atom is -0.478 e. The number of hydrogen-bond acceptors (Lipinski definition) is 5. The number of barbiturate groups is 1. The van der Waals surface area contributed by atoms with Crippen LogP contribution in [0.15, 0.2) is 70.7 Å². The quantitative estimate of drug-likeness (QED) is 0.472. The Bertz CT molecular complexity index is 1260. The van der Waals surface area contributed by atoms with Crippen LogP contribution in [0.1, 0.15) is 16.1 Å². The van der Waals surface area contributed by atoms with Crippen LogP contribution in [0.25, 0.3) is 17.4 Å². The molecule has 1 fully saturated rings. The predicted octanol–water partition coefficient (Wildman–Crippen LogP) is 3.96. The van der Waals surface area contributed by atoms with Gasteiger partial charge in [0.2, 0.25) is 0 Å². The number of halogens is 1. The summed E-state index contributed by atoms with van der Waals surface area (Å²) in [4.78, 5) is 49.6. The molecule has 2 N–H and O–H groups in total. The summed E-state index contributed by atoms with van der Waals surface area (Å²) in [6.45, 7) is 0. The Kier molecular flexibility index (Phi) is 5.14. The monoisotopic (exact) mass is 436 g/mol. The lowest BCUT2D eigenvalue weighted by Crippen LogP contribution is -2.54. The van der Waals surface area contributed by atoms with Crippen LogP contribution in [0.3, 0.4) is 0 Å². The van der Waals surface area contributed by atoms with Crippen LogP contribution in [-0.4, -0.2) is 28.9 Å². The Hall–Kier alpha value is -4.17. The van der Waals surface area contributed by atoms with Gasteiger partial charge in [0.1, 0.15) is 17.1 Å². The molecule has 4 rings (SSSR count). The molecule has 0 atom stereocenters. The molecule has 3 aromatic rings. The normalized spacial score (nSPS) is 15.3. The molecule has 0 spiro atoms. The van der Waals surface area contributed by atoms with Crippen molar-refractivity contribution in [3.8, 4) is 11.3 Å². The lowest BCUT2D eigenvalue weighted by atomic mass is 10.1. The second-order valence-electron chi connectivity index (χ2n) is 6.49. The smallest absolute Gasteiger partial charge is 0.336 e. The highest BCUT2D eigenvalue weighted by atomic mass is 35.5. The van der Waals surface area contributed by atoms with Crippen molar-refractivity contribution in [3.63, 3.8) is 0 Å². The SMILES string of the molecule is O=C1NC(=O)N(c2ccc(Cl)cc2)C(=O)/C1=C/c1ccc(-c2ccccc2C(=O)O)o1. The summed E-state index contributed by atoms with van der Waals surface area (Å²) < 4.78 is 5.65. The lowest BCUT2D eigenvalue weighted by molar-refractivity contribution is -0.122. The summed E-state index contributed by atoms with van der Waals surface area (Å²) in [6, 6.07) is 14.4. The lowest BCUT2D eigenvalue weighted by Gasteiger charge is -2.26. The number of imide groups is 2. The van der Waals surface area contributed by atoms with Crippen molar-refractivity contribution in [3.05, 3.63) is 82.6 Å². The van der Waals surface area contributed by atoms with Gasteiger partial charge in [-0.05, 0) is 48.5 Å². The molecule has 0 bridgehead atoms. The van der Waals surface area contributed by atoms with Crippen LogP contribution in [0.5, 0.6) is 0 Å². The second kappa shape index (κ2) is 7.92. The van der Waals surface area contributed by atoms with Gasteiger partial charge in [0.25, 0.3) is 11.8 Å². The predicted molar refractivity (Wildman–Crippen MR) is 112 cm³/mol. The molecule has 2 aromatic carbocycles. The number of nitrogens with one attached hydrogen (secondary N) is 1. The van der Waals surface area contributed by atoms with Gasteiger partial charge < -0.3 is 9.52 Å². The molecule has 1 aliphatic heterocycles. The number of carboxylic acids is 1. The number of benzene rings is 2. The fraction of sp³-hybridized carbons (Fsp3) is 0. The number of carbonyl (C=O) groups excluding carboxylic acids is 3. The van der Waals surface area contributed by atoms with E-state index in [1.807, 2.05) is 0 Å². The third-order valence-corrected chi connectivity index (χ3v) is 4.77. The van der Waals surface area contributed by atoms with Crippen molar-refractivity contribution >= 4 is 47.2 Å². The molecule has 0 radical (unpaired) electrons. The Morgan fingerprint density at radius 2 is 1.71 bits per heavy atom. The molecular formula is C22H13ClN2O6. The molecule has 1 saturated heterocycles. The van der Waals surface area contributed by atoms with Gasteiger partial charge in [0, 0.05) is 10.6 Å². The highest BCUT2D eigenvalue weighted by Gasteiger charge is 2.37. The van der Waals surface area contributed by atoms with E-state index in [-0.39, 0.29) is 28.3 Å². The summed E-state index contributed by atoms with van der Waals surface area (Å²) in [5, 5.41) is 11.9. The summed E-state index contributed by atoms with van der Waals surface area (Å²) >= 11 is 5.85. The van der Waals surface area contributed by atoms with Crippen molar-refractivity contribution in [1.82, 2.24) is 5.32 Å². The largest absolute Gasteiger partial charge is 0.478 e. The maximum Gasteiger partial charge on any atom is 0.336 e. The van der Waals surface area contributed by atoms with Gasteiger partial charge in [-0.15, -0.1) is 0 Å². The fourth-order valence-corrected chi connectivity index (χ4v) is 3.21. The van der Waals surface area contributed by atoms with E-state index in [4.69, 9.17) is 16.0 Å². The van der Waals surface area contributed by atoms with Crippen molar-refractivity contribution in [2.45, 2.75) is 0 Å². The summed E-state index contributed by atoms with van der Waals surface area (Å²) in [5.74, 6) is -2.44. The molecule has 154 valence electrons. The molecule has 8 nitrogen and oxygen atoms in total. The van der Waals surface area contributed by atoms with Crippen molar-refractivity contribution in [2.75, 3.05) is 4.90 Å². The summed E-state index contributed by atoms with van der Waals surface area (Å²) in [6.07, 6.45) is 1.19. The van der Waals surface area contributed by atoms with Crippen LogP contribution >= 0.6 is 11.6 Å². The average Bonchev–Trinajstić information content (AvgIpc) is 3.21. The highest BCUT2D eigenvalue weighted by molar-refractivity contribution is 6.39. The minimum absolute atomic E-state index is 0.0436. The van der Waals surface area contributed by atoms with Crippen molar-refractivity contribution in [2.24, 2.45) is 0 Å². The first kappa shape index (κ1) is 20.1. The van der Waals surface area contributed by atoms with E-state index in [1.165, 1.54) is 48.5 Å². The van der Waals surface area contributed by atoms with Gasteiger partial charge in [-0.2, -0.15) is 0 Å². The van der Waals surface area contributed by atoms with Gasteiger partial charge in [0.05, 0.1) is 11.3 Å². The van der Waals surface area contributed by atoms with Crippen LogP contribution in [-0.2, 0) is 9.59 Å². The first-order valence-electron chi connectivity index (χ1n) is 8.94. The van der Waals surface area contributed by atoms with Crippen molar-refractivity contribution < 1.29 is 28.7 Å². The molecular weight excluding hydrogens is 424 g/mol. The number of carbonyl (C=O) groups is 4. The van der Waals surface area contributed by atoms with Crippen LogP contribution in [0.2, 0.25) is 5.02 Å². The standard InChI is InChI=1S/C22H13ClN2O6/c23-12-5-7-13(8-6-12)25-20(27)17(19(26)24-22(25)30)11-14-9-10-18(31-14)15-3-1-2-4-16(15)21(28)29/h1-11H,(H,28,29)(H,24,26,30)/b17-11+. The van der Waals surface area contributed by atoms with Crippen LogP contribution < -0.4 is 10.2 Å². The number of anilines is 1. The molecule has 9 heteroatoms. The van der Waals surface area contributed by atoms with E-state index >= 15 is 0 Å². The van der Waals surface area contributed by atoms with Gasteiger partial charge in [-0.1, -0.05) is 29.8 Å². The Morgan fingerprint density at radius 1 is 1.00 bits per heavy atom. The van der Waals surface area contributed by atoms with E-state index in [0.717, 1.165) is 4.90 Å². The topological polar surface area (TPSA) is 117 Å².